The van der Waals surface area contributed by atoms with E-state index in [1.807, 2.05) is 6.08 Å². The van der Waals surface area contributed by atoms with Crippen LogP contribution in [0.25, 0.3) is 6.08 Å². The zero-order valence-electron chi connectivity index (χ0n) is 11.1. The average molecular weight is 263 g/mol. The molecule has 0 saturated heterocycles. The summed E-state index contributed by atoms with van der Waals surface area (Å²) >= 11 is 1.67. The van der Waals surface area contributed by atoms with Crippen LogP contribution in [0.1, 0.15) is 43.0 Å². The molecular weight excluding hydrogens is 242 g/mol. The second-order valence-corrected chi connectivity index (χ2v) is 6.13. The molecule has 0 aromatic carbocycles. The Bertz CT molecular complexity index is 435. The van der Waals surface area contributed by atoms with Gasteiger partial charge in [0.05, 0.1) is 0 Å². The largest absolute Gasteiger partial charge is 0.350 e. The van der Waals surface area contributed by atoms with Crippen LogP contribution >= 0.6 is 11.3 Å². The number of carbonyl (C=O) groups excluding carboxylic acids is 1. The van der Waals surface area contributed by atoms with E-state index in [0.29, 0.717) is 12.0 Å². The molecule has 0 unspecified atom stereocenters. The minimum atomic E-state index is 0.0431. The van der Waals surface area contributed by atoms with Crippen LogP contribution in [-0.2, 0) is 4.79 Å². The standard InChI is InChI=1S/C15H21NOS/c1-11-5-3-4-6-13(11)16-15(17)8-7-14-12(2)9-10-18-14/h7-11,13H,3-6H2,1-2H3,(H,16,17)/b8-7+/t11-,13-/m0/s1. The van der Waals surface area contributed by atoms with Gasteiger partial charge < -0.3 is 5.32 Å². The van der Waals surface area contributed by atoms with Crippen molar-refractivity contribution in [3.8, 4) is 0 Å². The van der Waals surface area contributed by atoms with E-state index >= 15 is 0 Å². The fourth-order valence-electron chi connectivity index (χ4n) is 2.47. The van der Waals surface area contributed by atoms with Crippen molar-refractivity contribution >= 4 is 23.3 Å². The van der Waals surface area contributed by atoms with Crippen LogP contribution in [0.5, 0.6) is 0 Å². The minimum Gasteiger partial charge on any atom is -0.350 e. The van der Waals surface area contributed by atoms with Gasteiger partial charge in [0, 0.05) is 17.0 Å². The maximum atomic E-state index is 11.9. The van der Waals surface area contributed by atoms with Crippen molar-refractivity contribution in [2.24, 2.45) is 5.92 Å². The molecule has 3 heteroatoms. The van der Waals surface area contributed by atoms with Crippen molar-refractivity contribution in [3.05, 3.63) is 28.0 Å². The lowest BCUT2D eigenvalue weighted by Crippen LogP contribution is -2.40. The highest BCUT2D eigenvalue weighted by atomic mass is 32.1. The third-order valence-electron chi connectivity index (χ3n) is 3.73. The molecule has 1 fully saturated rings. The molecule has 0 radical (unpaired) electrons. The van der Waals surface area contributed by atoms with E-state index < -0.39 is 0 Å². The van der Waals surface area contributed by atoms with E-state index in [1.54, 1.807) is 17.4 Å². The summed E-state index contributed by atoms with van der Waals surface area (Å²) in [5.41, 5.74) is 1.23. The first-order valence-corrected chi connectivity index (χ1v) is 7.57. The molecule has 1 aromatic heterocycles. The summed E-state index contributed by atoms with van der Waals surface area (Å²) in [5.74, 6) is 0.654. The monoisotopic (exact) mass is 263 g/mol. The van der Waals surface area contributed by atoms with Crippen LogP contribution in [0.4, 0.5) is 0 Å². The molecule has 2 nitrogen and oxygen atoms in total. The molecule has 0 aliphatic heterocycles. The topological polar surface area (TPSA) is 29.1 Å². The maximum absolute atomic E-state index is 11.9. The molecule has 98 valence electrons. The zero-order valence-corrected chi connectivity index (χ0v) is 11.9. The van der Waals surface area contributed by atoms with E-state index in [9.17, 15) is 4.79 Å². The lowest BCUT2D eigenvalue weighted by molar-refractivity contribution is -0.117. The first-order valence-electron chi connectivity index (χ1n) is 6.69. The Hall–Kier alpha value is -1.09. The highest BCUT2D eigenvalue weighted by molar-refractivity contribution is 7.11. The first kappa shape index (κ1) is 13.3. The number of hydrogen-bond donors (Lipinski definition) is 1. The molecule has 1 N–H and O–H groups in total. The number of carbonyl (C=O) groups is 1. The zero-order chi connectivity index (χ0) is 13.0. The molecule has 1 aliphatic rings. The molecular formula is C15H21NOS. The van der Waals surface area contributed by atoms with Gasteiger partial charge in [0.15, 0.2) is 0 Å². The summed E-state index contributed by atoms with van der Waals surface area (Å²) in [5, 5.41) is 5.18. The number of nitrogens with one attached hydrogen (secondary N) is 1. The maximum Gasteiger partial charge on any atom is 0.244 e. The van der Waals surface area contributed by atoms with Crippen LogP contribution in [0.3, 0.4) is 0 Å². The van der Waals surface area contributed by atoms with Gasteiger partial charge in [0.2, 0.25) is 5.91 Å². The smallest absolute Gasteiger partial charge is 0.244 e. The summed E-state index contributed by atoms with van der Waals surface area (Å²) in [4.78, 5) is 13.0. The molecule has 0 spiro atoms. The predicted octanol–water partition coefficient (Wildman–Crippen LogP) is 3.76. The Morgan fingerprint density at radius 2 is 2.22 bits per heavy atom. The van der Waals surface area contributed by atoms with Crippen molar-refractivity contribution in [2.45, 2.75) is 45.6 Å². The normalized spacial score (nSPS) is 24.3. The fraction of sp³-hybridized carbons (Fsp3) is 0.533. The summed E-state index contributed by atoms with van der Waals surface area (Å²) in [7, 11) is 0. The predicted molar refractivity (Wildman–Crippen MR) is 77.7 cm³/mol. The minimum absolute atomic E-state index is 0.0431. The fourth-order valence-corrected chi connectivity index (χ4v) is 3.29. The number of aryl methyl sites for hydroxylation is 1. The van der Waals surface area contributed by atoms with Crippen LogP contribution in [0, 0.1) is 12.8 Å². The summed E-state index contributed by atoms with van der Waals surface area (Å²) < 4.78 is 0. The highest BCUT2D eigenvalue weighted by Crippen LogP contribution is 2.23. The van der Waals surface area contributed by atoms with Crippen LogP contribution < -0.4 is 5.32 Å². The third-order valence-corrected chi connectivity index (χ3v) is 4.71. The lowest BCUT2D eigenvalue weighted by atomic mass is 9.86. The van der Waals surface area contributed by atoms with E-state index in [1.165, 1.54) is 29.7 Å². The van der Waals surface area contributed by atoms with Gasteiger partial charge in [-0.05, 0) is 48.8 Å². The molecule has 1 aromatic rings. The highest BCUT2D eigenvalue weighted by Gasteiger charge is 2.21. The average Bonchev–Trinajstić information content (AvgIpc) is 2.75. The molecule has 18 heavy (non-hydrogen) atoms. The van der Waals surface area contributed by atoms with Gasteiger partial charge >= 0.3 is 0 Å². The van der Waals surface area contributed by atoms with Gasteiger partial charge in [-0.25, -0.2) is 0 Å². The van der Waals surface area contributed by atoms with E-state index in [-0.39, 0.29) is 5.91 Å². The summed E-state index contributed by atoms with van der Waals surface area (Å²) in [6.45, 7) is 4.30. The Kier molecular flexibility index (Phi) is 4.59. The van der Waals surface area contributed by atoms with Gasteiger partial charge in [0.25, 0.3) is 0 Å². The van der Waals surface area contributed by atoms with Gasteiger partial charge in [-0.2, -0.15) is 0 Å². The van der Waals surface area contributed by atoms with Gasteiger partial charge in [0.1, 0.15) is 0 Å². The van der Waals surface area contributed by atoms with Crippen LogP contribution in [0.2, 0.25) is 0 Å². The number of thiophene rings is 1. The van der Waals surface area contributed by atoms with Crippen molar-refractivity contribution in [1.29, 1.82) is 0 Å². The molecule has 1 saturated carbocycles. The first-order chi connectivity index (χ1) is 8.66. The molecule has 1 aliphatic carbocycles. The van der Waals surface area contributed by atoms with Gasteiger partial charge in [-0.3, -0.25) is 4.79 Å². The van der Waals surface area contributed by atoms with E-state index in [2.05, 4.69) is 30.6 Å². The van der Waals surface area contributed by atoms with Gasteiger partial charge in [-0.15, -0.1) is 11.3 Å². The van der Waals surface area contributed by atoms with Crippen LogP contribution in [-0.4, -0.2) is 11.9 Å². The van der Waals surface area contributed by atoms with Crippen molar-refractivity contribution in [1.82, 2.24) is 5.32 Å². The summed E-state index contributed by atoms with van der Waals surface area (Å²) in [6.07, 6.45) is 8.49. The van der Waals surface area contributed by atoms with Crippen LogP contribution in [0.15, 0.2) is 17.5 Å². The van der Waals surface area contributed by atoms with E-state index in [4.69, 9.17) is 0 Å². The second-order valence-electron chi connectivity index (χ2n) is 5.18. The van der Waals surface area contributed by atoms with Crippen molar-refractivity contribution in [3.63, 3.8) is 0 Å². The number of rotatable bonds is 3. The van der Waals surface area contributed by atoms with Gasteiger partial charge in [-0.1, -0.05) is 19.8 Å². The van der Waals surface area contributed by atoms with Crippen molar-refractivity contribution in [2.75, 3.05) is 0 Å². The Balaban J connectivity index is 1.88. The molecule has 2 atom stereocenters. The number of amides is 1. The molecule has 0 bridgehead atoms. The molecule has 1 amide bonds. The molecule has 2 rings (SSSR count). The second kappa shape index (κ2) is 6.19. The number of hydrogen-bond acceptors (Lipinski definition) is 2. The molecule has 1 heterocycles. The Morgan fingerprint density at radius 3 is 2.89 bits per heavy atom. The lowest BCUT2D eigenvalue weighted by Gasteiger charge is -2.29. The Morgan fingerprint density at radius 1 is 1.44 bits per heavy atom. The Labute approximate surface area is 113 Å². The third kappa shape index (κ3) is 3.45. The van der Waals surface area contributed by atoms with E-state index in [0.717, 1.165) is 6.42 Å². The quantitative estimate of drug-likeness (QED) is 0.826. The van der Waals surface area contributed by atoms with Crippen molar-refractivity contribution < 1.29 is 4.79 Å². The summed E-state index contributed by atoms with van der Waals surface area (Å²) in [6, 6.07) is 2.44. The SMILES string of the molecule is Cc1ccsc1/C=C/C(=O)N[C@H]1CCCC[C@@H]1C.